The number of thioether (sulfide) groups is 1. The monoisotopic (exact) mass is 480 g/mol. The first kappa shape index (κ1) is 22.7. The second kappa shape index (κ2) is 9.04. The van der Waals surface area contributed by atoms with Crippen LogP contribution in [-0.4, -0.2) is 42.1 Å². The molecule has 0 aromatic heterocycles. The highest BCUT2D eigenvalue weighted by atomic mass is 32.2. The Labute approximate surface area is 187 Å². The van der Waals surface area contributed by atoms with Crippen molar-refractivity contribution in [2.24, 2.45) is 0 Å². The number of methoxy groups -OCH3 is 1. The number of rotatable bonds is 7. The van der Waals surface area contributed by atoms with E-state index in [-0.39, 0.29) is 17.4 Å². The van der Waals surface area contributed by atoms with Gasteiger partial charge in [0.25, 0.3) is 11.6 Å². The Hall–Kier alpha value is -2.96. The van der Waals surface area contributed by atoms with Gasteiger partial charge in [-0.05, 0) is 36.8 Å². The Bertz CT molecular complexity index is 1210. The third kappa shape index (κ3) is 4.70. The summed E-state index contributed by atoms with van der Waals surface area (Å²) >= 11 is 6.35. The Morgan fingerprint density at radius 3 is 2.55 bits per heavy atom. The smallest absolute Gasteiger partial charge is 0.346 e. The average Bonchev–Trinajstić information content (AvgIpc) is 3.01. The Balaban J connectivity index is 1.93. The maximum Gasteiger partial charge on any atom is 0.346 e. The molecule has 0 N–H and O–H groups in total. The second-order valence-electron chi connectivity index (χ2n) is 6.10. The third-order valence-electron chi connectivity index (χ3n) is 4.21. The SMILES string of the molecule is CCN1C(=O)/C(=C/c2ccc(OS(=O)(=O)c3ccccc3[N+](=O)[O-])c(OC)c2)SC1=S. The molecule has 0 radical (unpaired) electrons. The van der Waals surface area contributed by atoms with Gasteiger partial charge in [-0.1, -0.05) is 42.2 Å². The highest BCUT2D eigenvalue weighted by Gasteiger charge is 2.31. The highest BCUT2D eigenvalue weighted by molar-refractivity contribution is 8.26. The van der Waals surface area contributed by atoms with E-state index in [9.17, 15) is 23.3 Å². The number of nitro groups is 1. The molecule has 3 rings (SSSR count). The molecule has 0 spiro atoms. The number of likely N-dealkylation sites (N-methyl/N-ethyl adjacent to an activating group) is 1. The fourth-order valence-electron chi connectivity index (χ4n) is 2.75. The molecule has 0 bridgehead atoms. The first-order valence-corrected chi connectivity index (χ1v) is 11.4. The molecule has 0 unspecified atom stereocenters. The largest absolute Gasteiger partial charge is 0.493 e. The predicted octanol–water partition coefficient (Wildman–Crippen LogP) is 3.59. The summed E-state index contributed by atoms with van der Waals surface area (Å²) in [7, 11) is -3.18. The topological polar surface area (TPSA) is 116 Å². The van der Waals surface area contributed by atoms with Crippen molar-refractivity contribution in [3.8, 4) is 11.5 Å². The van der Waals surface area contributed by atoms with E-state index < -0.39 is 25.6 Å². The van der Waals surface area contributed by atoms with Crippen molar-refractivity contribution in [2.45, 2.75) is 11.8 Å². The van der Waals surface area contributed by atoms with Crippen molar-refractivity contribution in [1.82, 2.24) is 4.90 Å². The van der Waals surface area contributed by atoms with Crippen LogP contribution in [0.2, 0.25) is 0 Å². The second-order valence-corrected chi connectivity index (χ2v) is 9.29. The number of benzene rings is 2. The third-order valence-corrected chi connectivity index (χ3v) is 6.87. The van der Waals surface area contributed by atoms with E-state index in [0.717, 1.165) is 12.1 Å². The summed E-state index contributed by atoms with van der Waals surface area (Å²) in [6.45, 7) is 2.28. The van der Waals surface area contributed by atoms with Crippen LogP contribution in [-0.2, 0) is 14.9 Å². The lowest BCUT2D eigenvalue weighted by molar-refractivity contribution is -0.387. The van der Waals surface area contributed by atoms with Gasteiger partial charge >= 0.3 is 10.1 Å². The van der Waals surface area contributed by atoms with Gasteiger partial charge < -0.3 is 8.92 Å². The molecule has 162 valence electrons. The van der Waals surface area contributed by atoms with Crippen molar-refractivity contribution in [2.75, 3.05) is 13.7 Å². The number of para-hydroxylation sites is 1. The maximum absolute atomic E-state index is 12.6. The lowest BCUT2D eigenvalue weighted by Gasteiger charge is -2.12. The van der Waals surface area contributed by atoms with E-state index in [4.69, 9.17) is 21.1 Å². The van der Waals surface area contributed by atoms with E-state index in [1.807, 2.05) is 6.92 Å². The number of thiocarbonyl (C=S) groups is 1. The first-order valence-electron chi connectivity index (χ1n) is 8.79. The van der Waals surface area contributed by atoms with Crippen molar-refractivity contribution in [1.29, 1.82) is 0 Å². The predicted molar refractivity (Wildman–Crippen MR) is 119 cm³/mol. The van der Waals surface area contributed by atoms with E-state index >= 15 is 0 Å². The van der Waals surface area contributed by atoms with Gasteiger partial charge in [0.15, 0.2) is 16.4 Å². The van der Waals surface area contributed by atoms with Gasteiger partial charge in [-0.15, -0.1) is 0 Å². The molecule has 2 aromatic carbocycles. The van der Waals surface area contributed by atoms with Crippen molar-refractivity contribution >= 4 is 56.1 Å². The quantitative estimate of drug-likeness (QED) is 0.193. The zero-order valence-corrected chi connectivity index (χ0v) is 18.8. The van der Waals surface area contributed by atoms with E-state index in [0.29, 0.717) is 21.3 Å². The van der Waals surface area contributed by atoms with Crippen LogP contribution in [0.25, 0.3) is 6.08 Å². The molecule has 9 nitrogen and oxygen atoms in total. The number of hydrogen-bond acceptors (Lipinski definition) is 9. The van der Waals surface area contributed by atoms with Gasteiger partial charge in [-0.25, -0.2) is 0 Å². The zero-order valence-electron chi connectivity index (χ0n) is 16.3. The molecule has 1 fully saturated rings. The molecule has 1 amide bonds. The molecule has 1 saturated heterocycles. The van der Waals surface area contributed by atoms with Crippen LogP contribution in [0.4, 0.5) is 5.69 Å². The molecular weight excluding hydrogens is 464 g/mol. The Kier molecular flexibility index (Phi) is 6.62. The number of carbonyl (C=O) groups is 1. The summed E-state index contributed by atoms with van der Waals surface area (Å²) in [5.74, 6) is -0.295. The Morgan fingerprint density at radius 2 is 1.94 bits per heavy atom. The number of carbonyl (C=O) groups excluding carboxylic acids is 1. The molecular formula is C19H16N2O7S3. The standard InChI is InChI=1S/C19H16N2O7S3/c1-3-20-18(22)16(30-19(20)29)11-12-8-9-14(15(10-12)27-2)28-31(25,26)17-7-5-4-6-13(17)21(23)24/h4-11H,3H2,1-2H3/b16-11-. The van der Waals surface area contributed by atoms with Crippen molar-refractivity contribution in [3.63, 3.8) is 0 Å². The van der Waals surface area contributed by atoms with Gasteiger partial charge in [0.1, 0.15) is 4.32 Å². The number of amides is 1. The van der Waals surface area contributed by atoms with Crippen LogP contribution in [0.15, 0.2) is 52.3 Å². The molecule has 1 aliphatic rings. The molecule has 0 saturated carbocycles. The molecule has 12 heteroatoms. The van der Waals surface area contributed by atoms with Crippen LogP contribution in [0.3, 0.4) is 0 Å². The van der Waals surface area contributed by atoms with Gasteiger partial charge in [0.05, 0.1) is 16.9 Å². The minimum absolute atomic E-state index is 0.0712. The number of hydrogen-bond donors (Lipinski definition) is 0. The highest BCUT2D eigenvalue weighted by Crippen LogP contribution is 2.36. The van der Waals surface area contributed by atoms with Crippen molar-refractivity contribution < 1.29 is 27.1 Å². The first-order chi connectivity index (χ1) is 14.7. The van der Waals surface area contributed by atoms with Gasteiger partial charge in [0.2, 0.25) is 0 Å². The summed E-state index contributed by atoms with van der Waals surface area (Å²) in [4.78, 5) is 24.0. The van der Waals surface area contributed by atoms with Gasteiger partial charge in [0, 0.05) is 12.6 Å². The normalized spacial score (nSPS) is 15.4. The summed E-state index contributed by atoms with van der Waals surface area (Å²) in [5.41, 5.74) is -0.0417. The number of ether oxygens (including phenoxy) is 1. The average molecular weight is 481 g/mol. The maximum atomic E-state index is 12.6. The summed E-state index contributed by atoms with van der Waals surface area (Å²) in [6, 6.07) is 9.24. The molecule has 2 aromatic rings. The Morgan fingerprint density at radius 1 is 1.23 bits per heavy atom. The fraction of sp³-hybridized carbons (Fsp3) is 0.158. The number of nitrogens with zero attached hydrogens (tertiary/aromatic N) is 2. The molecule has 1 aliphatic heterocycles. The molecule has 0 aliphatic carbocycles. The number of nitro benzene ring substituents is 1. The van der Waals surface area contributed by atoms with Gasteiger partial charge in [-0.2, -0.15) is 8.42 Å². The van der Waals surface area contributed by atoms with Crippen LogP contribution in [0, 0.1) is 10.1 Å². The van der Waals surface area contributed by atoms with E-state index in [1.165, 1.54) is 54.1 Å². The fourth-order valence-corrected chi connectivity index (χ4v) is 5.24. The molecule has 31 heavy (non-hydrogen) atoms. The van der Waals surface area contributed by atoms with Crippen LogP contribution < -0.4 is 8.92 Å². The summed E-state index contributed by atoms with van der Waals surface area (Å²) < 4.78 is 36.1. The van der Waals surface area contributed by atoms with Crippen LogP contribution in [0.1, 0.15) is 12.5 Å². The summed E-state index contributed by atoms with van der Waals surface area (Å²) in [5, 5.41) is 11.2. The lowest BCUT2D eigenvalue weighted by Crippen LogP contribution is -2.27. The summed E-state index contributed by atoms with van der Waals surface area (Å²) in [6.07, 6.45) is 1.61. The minimum atomic E-state index is -4.50. The van der Waals surface area contributed by atoms with E-state index in [1.54, 1.807) is 6.08 Å². The zero-order chi connectivity index (χ0) is 22.8. The minimum Gasteiger partial charge on any atom is -0.493 e. The lowest BCUT2D eigenvalue weighted by atomic mass is 10.2. The van der Waals surface area contributed by atoms with Gasteiger partial charge in [-0.3, -0.25) is 19.8 Å². The van der Waals surface area contributed by atoms with E-state index in [2.05, 4.69) is 0 Å². The van der Waals surface area contributed by atoms with Crippen LogP contribution >= 0.6 is 24.0 Å². The van der Waals surface area contributed by atoms with Crippen LogP contribution in [0.5, 0.6) is 11.5 Å². The van der Waals surface area contributed by atoms with Crippen molar-refractivity contribution in [3.05, 3.63) is 63.0 Å². The molecule has 0 atom stereocenters. The molecule has 1 heterocycles.